The normalized spacial score (nSPS) is 13.8. The molecule has 6 heteroatoms. The van der Waals surface area contributed by atoms with E-state index in [9.17, 15) is 14.4 Å². The van der Waals surface area contributed by atoms with Crippen LogP contribution in [0.5, 0.6) is 0 Å². The molecule has 2 aromatic carbocycles. The molecule has 0 radical (unpaired) electrons. The van der Waals surface area contributed by atoms with Crippen LogP contribution in [0.3, 0.4) is 0 Å². The first-order valence-corrected chi connectivity index (χ1v) is 9.13. The van der Waals surface area contributed by atoms with Crippen LogP contribution in [-0.4, -0.2) is 37.0 Å². The molecule has 0 spiro atoms. The maximum Gasteiger partial charge on any atom is 0.328 e. The van der Waals surface area contributed by atoms with Gasteiger partial charge >= 0.3 is 5.97 Å². The number of para-hydroxylation sites is 1. The van der Waals surface area contributed by atoms with Crippen molar-refractivity contribution in [3.05, 3.63) is 71.8 Å². The van der Waals surface area contributed by atoms with Crippen LogP contribution in [-0.2, 0) is 25.5 Å². The molecule has 0 aromatic heterocycles. The molecule has 144 valence electrons. The van der Waals surface area contributed by atoms with Gasteiger partial charge in [0.05, 0.1) is 0 Å². The van der Waals surface area contributed by atoms with E-state index in [1.54, 1.807) is 11.0 Å². The molecule has 0 saturated carbocycles. The summed E-state index contributed by atoms with van der Waals surface area (Å²) in [6.07, 6.45) is 3.79. The van der Waals surface area contributed by atoms with E-state index >= 15 is 0 Å². The van der Waals surface area contributed by atoms with Gasteiger partial charge in [0.1, 0.15) is 6.04 Å². The third kappa shape index (κ3) is 4.85. The molecule has 6 nitrogen and oxygen atoms in total. The number of benzene rings is 2. The van der Waals surface area contributed by atoms with Crippen LogP contribution in [0.4, 0.5) is 5.69 Å². The lowest BCUT2D eigenvalue weighted by atomic mass is 10.2. The Morgan fingerprint density at radius 1 is 1.11 bits per heavy atom. The van der Waals surface area contributed by atoms with Gasteiger partial charge in [-0.2, -0.15) is 0 Å². The Morgan fingerprint density at radius 3 is 2.61 bits per heavy atom. The van der Waals surface area contributed by atoms with Gasteiger partial charge in [-0.05, 0) is 36.6 Å². The average Bonchev–Trinajstić information content (AvgIpc) is 3.15. The lowest BCUT2D eigenvalue weighted by Gasteiger charge is -2.18. The third-order valence-electron chi connectivity index (χ3n) is 4.47. The summed E-state index contributed by atoms with van der Waals surface area (Å²) < 4.78 is 5.09. The van der Waals surface area contributed by atoms with Gasteiger partial charge in [0.25, 0.3) is 5.91 Å². The molecule has 1 heterocycles. The largest absolute Gasteiger partial charge is 0.454 e. The van der Waals surface area contributed by atoms with E-state index in [1.807, 2.05) is 54.6 Å². The summed E-state index contributed by atoms with van der Waals surface area (Å²) in [6, 6.07) is 16.2. The van der Waals surface area contributed by atoms with E-state index in [-0.39, 0.29) is 12.5 Å². The van der Waals surface area contributed by atoms with Crippen molar-refractivity contribution in [1.82, 2.24) is 5.32 Å². The number of rotatable bonds is 6. The molecule has 1 N–H and O–H groups in total. The first-order valence-electron chi connectivity index (χ1n) is 9.13. The number of nitrogens with zero attached hydrogens (tertiary/aromatic N) is 1. The van der Waals surface area contributed by atoms with Crippen molar-refractivity contribution in [3.63, 3.8) is 0 Å². The fraction of sp³-hybridized carbons (Fsp3) is 0.227. The van der Waals surface area contributed by atoms with Gasteiger partial charge < -0.3 is 15.0 Å². The van der Waals surface area contributed by atoms with Crippen molar-refractivity contribution in [2.24, 2.45) is 0 Å². The summed E-state index contributed by atoms with van der Waals surface area (Å²) in [7, 11) is 0. The van der Waals surface area contributed by atoms with Crippen molar-refractivity contribution in [1.29, 1.82) is 0 Å². The van der Waals surface area contributed by atoms with E-state index < -0.39 is 17.9 Å². The monoisotopic (exact) mass is 378 g/mol. The Labute approximate surface area is 163 Å². The quantitative estimate of drug-likeness (QED) is 0.618. The maximum atomic E-state index is 12.4. The maximum absolute atomic E-state index is 12.4. The van der Waals surface area contributed by atoms with Gasteiger partial charge in [-0.25, -0.2) is 4.79 Å². The molecule has 0 bridgehead atoms. The van der Waals surface area contributed by atoms with Gasteiger partial charge in [-0.1, -0.05) is 48.5 Å². The zero-order chi connectivity index (χ0) is 19.9. The molecule has 28 heavy (non-hydrogen) atoms. The first-order chi connectivity index (χ1) is 13.5. The Hall–Kier alpha value is -3.41. The predicted molar refractivity (Wildman–Crippen MR) is 107 cm³/mol. The summed E-state index contributed by atoms with van der Waals surface area (Å²) in [5.74, 6) is -1.34. The zero-order valence-corrected chi connectivity index (χ0v) is 15.6. The van der Waals surface area contributed by atoms with Crippen LogP contribution >= 0.6 is 0 Å². The number of carbonyl (C=O) groups is 3. The van der Waals surface area contributed by atoms with Crippen LogP contribution < -0.4 is 10.2 Å². The second-order valence-electron chi connectivity index (χ2n) is 6.51. The number of amides is 2. The van der Waals surface area contributed by atoms with Crippen LogP contribution in [0.1, 0.15) is 18.1 Å². The number of hydrogen-bond donors (Lipinski definition) is 1. The van der Waals surface area contributed by atoms with Gasteiger partial charge in [0.2, 0.25) is 5.91 Å². The second kappa shape index (κ2) is 8.99. The van der Waals surface area contributed by atoms with Crippen molar-refractivity contribution in [3.8, 4) is 0 Å². The van der Waals surface area contributed by atoms with Crippen molar-refractivity contribution < 1.29 is 19.1 Å². The van der Waals surface area contributed by atoms with Gasteiger partial charge in [-0.3, -0.25) is 9.59 Å². The highest BCUT2D eigenvalue weighted by Crippen LogP contribution is 2.27. The highest BCUT2D eigenvalue weighted by Gasteiger charge is 2.25. The number of esters is 1. The minimum Gasteiger partial charge on any atom is -0.454 e. The molecule has 2 amide bonds. The number of fused-ring (bicyclic) bond motifs is 1. The lowest BCUT2D eigenvalue weighted by molar-refractivity contribution is -0.150. The molecule has 1 aliphatic heterocycles. The van der Waals surface area contributed by atoms with Crippen molar-refractivity contribution in [2.75, 3.05) is 18.1 Å². The smallest absolute Gasteiger partial charge is 0.328 e. The van der Waals surface area contributed by atoms with Gasteiger partial charge in [0, 0.05) is 18.3 Å². The molecular formula is C22H22N2O4. The molecule has 1 atom stereocenters. The minimum absolute atomic E-state index is 0.277. The first kappa shape index (κ1) is 19.4. The van der Waals surface area contributed by atoms with Crippen LogP contribution in [0.15, 0.2) is 60.7 Å². The van der Waals surface area contributed by atoms with E-state index in [0.29, 0.717) is 6.54 Å². The van der Waals surface area contributed by atoms with Crippen LogP contribution in [0.25, 0.3) is 6.08 Å². The number of hydrogen-bond acceptors (Lipinski definition) is 4. The standard InChI is InChI=1S/C22H22N2O4/c1-16(23-20(25)12-11-17-7-3-2-4-8-17)22(27)28-15-21(26)24-14-13-18-9-5-6-10-19(18)24/h2-12,16H,13-15H2,1H3,(H,23,25)/b12-11+/t16-/m0/s1. The summed E-state index contributed by atoms with van der Waals surface area (Å²) in [5.41, 5.74) is 2.84. The topological polar surface area (TPSA) is 75.7 Å². The molecule has 0 fully saturated rings. The van der Waals surface area contributed by atoms with Crippen molar-refractivity contribution in [2.45, 2.75) is 19.4 Å². The molecule has 1 aliphatic rings. The highest BCUT2D eigenvalue weighted by molar-refractivity contribution is 5.98. The van der Waals surface area contributed by atoms with Crippen molar-refractivity contribution >= 4 is 29.5 Å². The SMILES string of the molecule is C[C@H](NC(=O)/C=C/c1ccccc1)C(=O)OCC(=O)N1CCc2ccccc21. The summed E-state index contributed by atoms with van der Waals surface area (Å²) in [4.78, 5) is 38.0. The molecule has 2 aromatic rings. The van der Waals surface area contributed by atoms with E-state index in [0.717, 1.165) is 23.2 Å². The molecule has 0 aliphatic carbocycles. The van der Waals surface area contributed by atoms with E-state index in [1.165, 1.54) is 13.0 Å². The number of ether oxygens (including phenoxy) is 1. The lowest BCUT2D eigenvalue weighted by Crippen LogP contribution is -2.40. The number of anilines is 1. The molecular weight excluding hydrogens is 356 g/mol. The Bertz CT molecular complexity index is 892. The Kier molecular flexibility index (Phi) is 6.22. The molecule has 0 saturated heterocycles. The third-order valence-corrected chi connectivity index (χ3v) is 4.47. The minimum atomic E-state index is -0.855. The van der Waals surface area contributed by atoms with Crippen LogP contribution in [0.2, 0.25) is 0 Å². The Morgan fingerprint density at radius 2 is 1.82 bits per heavy atom. The summed E-state index contributed by atoms with van der Waals surface area (Å²) in [5, 5.41) is 2.53. The predicted octanol–water partition coefficient (Wildman–Crippen LogP) is 2.34. The Balaban J connectivity index is 1.46. The number of nitrogens with one attached hydrogen (secondary N) is 1. The average molecular weight is 378 g/mol. The molecule has 3 rings (SSSR count). The van der Waals surface area contributed by atoms with E-state index in [4.69, 9.17) is 4.74 Å². The summed E-state index contributed by atoms with van der Waals surface area (Å²) >= 11 is 0. The number of carbonyl (C=O) groups excluding carboxylic acids is 3. The fourth-order valence-electron chi connectivity index (χ4n) is 2.99. The zero-order valence-electron chi connectivity index (χ0n) is 15.6. The van der Waals surface area contributed by atoms with Gasteiger partial charge in [0.15, 0.2) is 6.61 Å². The van der Waals surface area contributed by atoms with Gasteiger partial charge in [-0.15, -0.1) is 0 Å². The highest BCUT2D eigenvalue weighted by atomic mass is 16.5. The molecule has 0 unspecified atom stereocenters. The summed E-state index contributed by atoms with van der Waals surface area (Å²) in [6.45, 7) is 1.74. The van der Waals surface area contributed by atoms with E-state index in [2.05, 4.69) is 5.32 Å². The fourth-order valence-corrected chi connectivity index (χ4v) is 2.99. The second-order valence-corrected chi connectivity index (χ2v) is 6.51. The van der Waals surface area contributed by atoms with Crippen LogP contribution in [0, 0.1) is 0 Å².